The van der Waals surface area contributed by atoms with Crippen LogP contribution in [0.25, 0.3) is 0 Å². The van der Waals surface area contributed by atoms with E-state index in [1.165, 1.54) is 19.3 Å². The molecule has 4 rings (SSSR count). The van der Waals surface area contributed by atoms with Gasteiger partial charge in [-0.2, -0.15) is 0 Å². The highest BCUT2D eigenvalue weighted by atomic mass is 16.2. The highest BCUT2D eigenvalue weighted by Crippen LogP contribution is 2.69. The number of hydrogen-bond donors (Lipinski definition) is 1. The van der Waals surface area contributed by atoms with Crippen LogP contribution in [-0.4, -0.2) is 5.91 Å². The third-order valence-electron chi connectivity index (χ3n) is 5.08. The van der Waals surface area contributed by atoms with Crippen LogP contribution in [0.2, 0.25) is 0 Å². The van der Waals surface area contributed by atoms with E-state index >= 15 is 0 Å². The molecule has 3 fully saturated rings. The number of para-hydroxylation sites is 1. The fourth-order valence-corrected chi connectivity index (χ4v) is 4.42. The Balaban J connectivity index is 1.46. The highest BCUT2D eigenvalue weighted by Gasteiger charge is 2.67. The van der Waals surface area contributed by atoms with Gasteiger partial charge in [0.2, 0.25) is 5.91 Å². The average molecular weight is 227 g/mol. The van der Waals surface area contributed by atoms with Gasteiger partial charge in [-0.25, -0.2) is 0 Å². The van der Waals surface area contributed by atoms with E-state index in [2.05, 4.69) is 5.32 Å². The molecule has 3 saturated carbocycles. The molecule has 1 amide bonds. The number of amides is 1. The predicted octanol–water partition coefficient (Wildman–Crippen LogP) is 2.92. The average Bonchev–Trinajstić information content (AvgIpc) is 2.80. The minimum atomic E-state index is 0.266. The first-order valence-corrected chi connectivity index (χ1v) is 6.70. The van der Waals surface area contributed by atoms with Gasteiger partial charge >= 0.3 is 0 Å². The van der Waals surface area contributed by atoms with Gasteiger partial charge in [0.05, 0.1) is 0 Å². The summed E-state index contributed by atoms with van der Waals surface area (Å²) in [6.07, 6.45) is 4.16. The molecular formula is C15H17NO. The molecule has 4 atom stereocenters. The number of carbonyl (C=O) groups excluding carboxylic acids is 1. The van der Waals surface area contributed by atoms with Crippen molar-refractivity contribution in [3.05, 3.63) is 30.3 Å². The molecule has 0 aromatic heterocycles. The molecule has 1 aromatic carbocycles. The molecule has 2 heteroatoms. The highest BCUT2D eigenvalue weighted by molar-refractivity contribution is 5.95. The van der Waals surface area contributed by atoms with Crippen molar-refractivity contribution in [3.63, 3.8) is 0 Å². The first kappa shape index (κ1) is 9.69. The lowest BCUT2D eigenvalue weighted by atomic mass is 10.0. The first-order valence-electron chi connectivity index (χ1n) is 6.70. The van der Waals surface area contributed by atoms with Crippen molar-refractivity contribution in [1.82, 2.24) is 0 Å². The van der Waals surface area contributed by atoms with Crippen molar-refractivity contribution in [2.45, 2.75) is 19.3 Å². The third-order valence-corrected chi connectivity index (χ3v) is 5.08. The summed E-state index contributed by atoms with van der Waals surface area (Å²) >= 11 is 0. The number of anilines is 1. The molecule has 2 nitrogen and oxygen atoms in total. The van der Waals surface area contributed by atoms with Crippen molar-refractivity contribution in [2.75, 3.05) is 5.32 Å². The molecule has 3 aliphatic carbocycles. The standard InChI is InChI=1S/C15H17NO/c17-15(16-11-4-2-1-3-5-11)14-12-9-6-7-10(8-9)13(12)14/h1-5,9-10,12-14H,6-8H2,(H,16,17)/t9-,10-,12+,13+/m1/s1. The second kappa shape index (κ2) is 3.34. The maximum atomic E-state index is 12.2. The van der Waals surface area contributed by atoms with Gasteiger partial charge < -0.3 is 5.32 Å². The summed E-state index contributed by atoms with van der Waals surface area (Å²) in [5.74, 6) is 3.81. The van der Waals surface area contributed by atoms with Crippen LogP contribution in [-0.2, 0) is 4.79 Å². The van der Waals surface area contributed by atoms with Gasteiger partial charge in [-0.3, -0.25) is 4.79 Å². The smallest absolute Gasteiger partial charge is 0.228 e. The van der Waals surface area contributed by atoms with Crippen molar-refractivity contribution in [1.29, 1.82) is 0 Å². The van der Waals surface area contributed by atoms with Gasteiger partial charge in [-0.05, 0) is 55.1 Å². The molecule has 2 bridgehead atoms. The molecule has 0 heterocycles. The molecule has 0 radical (unpaired) electrons. The Bertz CT molecular complexity index is 439. The summed E-state index contributed by atoms with van der Waals surface area (Å²) in [5.41, 5.74) is 0.940. The predicted molar refractivity (Wildman–Crippen MR) is 66.4 cm³/mol. The molecule has 3 aliphatic rings. The molecule has 0 saturated heterocycles. The number of nitrogens with one attached hydrogen (secondary N) is 1. The lowest BCUT2D eigenvalue weighted by molar-refractivity contribution is -0.118. The Hall–Kier alpha value is -1.31. The maximum Gasteiger partial charge on any atom is 0.228 e. The fraction of sp³-hybridized carbons (Fsp3) is 0.533. The van der Waals surface area contributed by atoms with Crippen LogP contribution in [0.1, 0.15) is 19.3 Å². The van der Waals surface area contributed by atoms with Crippen LogP contribution in [0.5, 0.6) is 0 Å². The van der Waals surface area contributed by atoms with Gasteiger partial charge in [0.15, 0.2) is 0 Å². The molecule has 0 spiro atoms. The Morgan fingerprint density at radius 1 is 1.06 bits per heavy atom. The monoisotopic (exact) mass is 227 g/mol. The molecule has 88 valence electrons. The van der Waals surface area contributed by atoms with E-state index in [0.29, 0.717) is 5.92 Å². The second-order valence-electron chi connectivity index (χ2n) is 5.87. The van der Waals surface area contributed by atoms with Gasteiger partial charge in [-0.15, -0.1) is 0 Å². The molecule has 17 heavy (non-hydrogen) atoms. The number of fused-ring (bicyclic) bond motifs is 5. The van der Waals surface area contributed by atoms with Gasteiger partial charge in [0.1, 0.15) is 0 Å². The topological polar surface area (TPSA) is 29.1 Å². The Labute approximate surface area is 101 Å². The molecule has 1 N–H and O–H groups in total. The number of benzene rings is 1. The minimum absolute atomic E-state index is 0.266. The minimum Gasteiger partial charge on any atom is -0.326 e. The largest absolute Gasteiger partial charge is 0.326 e. The molecule has 0 unspecified atom stereocenters. The second-order valence-corrected chi connectivity index (χ2v) is 5.87. The summed E-state index contributed by atoms with van der Waals surface area (Å²) in [7, 11) is 0. The molecular weight excluding hydrogens is 210 g/mol. The van der Waals surface area contributed by atoms with Crippen LogP contribution in [0.15, 0.2) is 30.3 Å². The van der Waals surface area contributed by atoms with E-state index in [1.54, 1.807) is 0 Å². The first-order chi connectivity index (χ1) is 8.34. The van der Waals surface area contributed by atoms with Crippen molar-refractivity contribution >= 4 is 11.6 Å². The van der Waals surface area contributed by atoms with Crippen LogP contribution < -0.4 is 5.32 Å². The zero-order valence-corrected chi connectivity index (χ0v) is 9.80. The van der Waals surface area contributed by atoms with Gasteiger partial charge in [-0.1, -0.05) is 18.2 Å². The van der Waals surface area contributed by atoms with Gasteiger partial charge in [0.25, 0.3) is 0 Å². The maximum absolute atomic E-state index is 12.2. The Morgan fingerprint density at radius 2 is 1.71 bits per heavy atom. The molecule has 1 aromatic rings. The zero-order valence-electron chi connectivity index (χ0n) is 9.80. The van der Waals surface area contributed by atoms with Gasteiger partial charge in [0, 0.05) is 11.6 Å². The Morgan fingerprint density at radius 3 is 2.35 bits per heavy atom. The van der Waals surface area contributed by atoms with E-state index < -0.39 is 0 Å². The van der Waals surface area contributed by atoms with E-state index in [0.717, 1.165) is 29.4 Å². The fourth-order valence-electron chi connectivity index (χ4n) is 4.42. The summed E-state index contributed by atoms with van der Waals surface area (Å²) < 4.78 is 0. The summed E-state index contributed by atoms with van der Waals surface area (Å²) in [6.45, 7) is 0. The zero-order chi connectivity index (χ0) is 11.4. The van der Waals surface area contributed by atoms with Crippen LogP contribution in [0, 0.1) is 29.6 Å². The number of hydrogen-bond acceptors (Lipinski definition) is 1. The quantitative estimate of drug-likeness (QED) is 0.827. The van der Waals surface area contributed by atoms with Crippen LogP contribution >= 0.6 is 0 Å². The summed E-state index contributed by atoms with van der Waals surface area (Å²) in [5, 5.41) is 3.06. The van der Waals surface area contributed by atoms with Crippen molar-refractivity contribution < 1.29 is 4.79 Å². The number of rotatable bonds is 2. The van der Waals surface area contributed by atoms with E-state index in [1.807, 2.05) is 30.3 Å². The molecule has 0 aliphatic heterocycles. The summed E-state index contributed by atoms with van der Waals surface area (Å²) in [4.78, 5) is 12.2. The normalized spacial score (nSPS) is 41.1. The van der Waals surface area contributed by atoms with Crippen molar-refractivity contribution in [3.8, 4) is 0 Å². The lowest BCUT2D eigenvalue weighted by Crippen LogP contribution is -2.18. The van der Waals surface area contributed by atoms with Crippen LogP contribution in [0.3, 0.4) is 0 Å². The summed E-state index contributed by atoms with van der Waals surface area (Å²) in [6, 6.07) is 9.83. The van der Waals surface area contributed by atoms with E-state index in [-0.39, 0.29) is 5.91 Å². The number of carbonyl (C=O) groups is 1. The van der Waals surface area contributed by atoms with Crippen molar-refractivity contribution in [2.24, 2.45) is 29.6 Å². The van der Waals surface area contributed by atoms with E-state index in [9.17, 15) is 4.79 Å². The third kappa shape index (κ3) is 1.36. The lowest BCUT2D eigenvalue weighted by Gasteiger charge is -2.09. The van der Waals surface area contributed by atoms with E-state index in [4.69, 9.17) is 0 Å². The van der Waals surface area contributed by atoms with Crippen LogP contribution in [0.4, 0.5) is 5.69 Å². The Kier molecular flexibility index (Phi) is 1.91. The SMILES string of the molecule is O=C(Nc1ccccc1)C1[C@H]2[C@@H]3CC[C@H](C3)[C@H]12.